The minimum absolute atomic E-state index is 0. The van der Waals surface area contributed by atoms with Crippen molar-refractivity contribution < 1.29 is 4.74 Å². The highest BCUT2D eigenvalue weighted by molar-refractivity contribution is 14.0. The maximum atomic E-state index is 5.69. The number of halogens is 1. The lowest BCUT2D eigenvalue weighted by Gasteiger charge is -2.39. The van der Waals surface area contributed by atoms with E-state index >= 15 is 0 Å². The predicted octanol–water partition coefficient (Wildman–Crippen LogP) is 4.20. The van der Waals surface area contributed by atoms with E-state index < -0.39 is 0 Å². The largest absolute Gasteiger partial charge is 0.381 e. The third-order valence-electron chi connectivity index (χ3n) is 6.10. The van der Waals surface area contributed by atoms with Gasteiger partial charge in [-0.1, -0.05) is 30.3 Å². The number of anilines is 1. The van der Waals surface area contributed by atoms with E-state index in [1.165, 1.54) is 10.6 Å². The van der Waals surface area contributed by atoms with Crippen LogP contribution in [0.3, 0.4) is 0 Å². The Hall–Kier alpha value is -1.32. The average Bonchev–Trinajstić information content (AvgIpc) is 3.33. The molecule has 0 aliphatic carbocycles. The maximum Gasteiger partial charge on any atom is 0.194 e. The molecule has 30 heavy (non-hydrogen) atoms. The minimum atomic E-state index is 0. The molecule has 1 aromatic heterocycles. The van der Waals surface area contributed by atoms with Crippen molar-refractivity contribution in [1.29, 1.82) is 0 Å². The Kier molecular flexibility index (Phi) is 8.83. The molecule has 2 fully saturated rings. The molecule has 4 rings (SSSR count). The van der Waals surface area contributed by atoms with Crippen LogP contribution in [0.15, 0.2) is 52.8 Å². The Morgan fingerprint density at radius 3 is 2.43 bits per heavy atom. The van der Waals surface area contributed by atoms with Crippen LogP contribution in [0.4, 0.5) is 5.00 Å². The summed E-state index contributed by atoms with van der Waals surface area (Å²) >= 11 is 1.83. The molecule has 0 amide bonds. The van der Waals surface area contributed by atoms with Crippen molar-refractivity contribution in [2.75, 3.05) is 57.4 Å². The molecule has 1 N–H and O–H groups in total. The molecule has 2 aliphatic rings. The molecular formula is C23H33IN4OS. The van der Waals surface area contributed by atoms with Crippen molar-refractivity contribution >= 4 is 46.3 Å². The summed E-state index contributed by atoms with van der Waals surface area (Å²) in [5, 5.41) is 7.07. The molecule has 0 bridgehead atoms. The fourth-order valence-electron chi connectivity index (χ4n) is 4.33. The van der Waals surface area contributed by atoms with E-state index in [1.807, 2.05) is 11.3 Å². The van der Waals surface area contributed by atoms with Gasteiger partial charge in [-0.2, -0.15) is 0 Å². The zero-order chi connectivity index (χ0) is 19.9. The third kappa shape index (κ3) is 5.48. The molecular weight excluding hydrogens is 507 g/mol. The second-order valence-corrected chi connectivity index (χ2v) is 8.78. The number of ether oxygens (including phenoxy) is 1. The van der Waals surface area contributed by atoms with Crippen molar-refractivity contribution in [3.8, 4) is 0 Å². The fourth-order valence-corrected chi connectivity index (χ4v) is 5.12. The highest BCUT2D eigenvalue weighted by Gasteiger charge is 2.34. The van der Waals surface area contributed by atoms with E-state index in [0.717, 1.165) is 71.3 Å². The van der Waals surface area contributed by atoms with Gasteiger partial charge in [0.15, 0.2) is 5.96 Å². The molecule has 2 aliphatic heterocycles. The summed E-state index contributed by atoms with van der Waals surface area (Å²) in [5.74, 6) is 1.06. The van der Waals surface area contributed by atoms with Gasteiger partial charge in [0.25, 0.3) is 0 Å². The van der Waals surface area contributed by atoms with Gasteiger partial charge in [-0.15, -0.1) is 35.3 Å². The predicted molar refractivity (Wildman–Crippen MR) is 138 cm³/mol. The smallest absolute Gasteiger partial charge is 0.194 e. The van der Waals surface area contributed by atoms with Gasteiger partial charge in [-0.25, -0.2) is 0 Å². The monoisotopic (exact) mass is 540 g/mol. The molecule has 5 nitrogen and oxygen atoms in total. The van der Waals surface area contributed by atoms with Crippen molar-refractivity contribution in [3.63, 3.8) is 0 Å². The summed E-state index contributed by atoms with van der Waals surface area (Å²) in [6, 6.07) is 15.2. The van der Waals surface area contributed by atoms with Crippen LogP contribution in [0.1, 0.15) is 25.3 Å². The molecule has 3 heterocycles. The normalized spacial score (nSPS) is 19.3. The van der Waals surface area contributed by atoms with Crippen LogP contribution >= 0.6 is 35.3 Å². The van der Waals surface area contributed by atoms with E-state index in [2.05, 4.69) is 69.9 Å². The summed E-state index contributed by atoms with van der Waals surface area (Å²) in [7, 11) is 0. The summed E-state index contributed by atoms with van der Waals surface area (Å²) < 4.78 is 5.69. The fraction of sp³-hybridized carbons (Fsp3) is 0.522. The van der Waals surface area contributed by atoms with Gasteiger partial charge in [-0.3, -0.25) is 4.99 Å². The number of nitrogens with one attached hydrogen (secondary N) is 1. The number of thiophene rings is 1. The van der Waals surface area contributed by atoms with Gasteiger partial charge in [0.05, 0.1) is 11.5 Å². The Bertz CT molecular complexity index is 770. The van der Waals surface area contributed by atoms with Gasteiger partial charge in [0.1, 0.15) is 0 Å². The number of rotatable bonds is 5. The quantitative estimate of drug-likeness (QED) is 0.351. The first kappa shape index (κ1) is 23.3. The number of aliphatic imine (C=N–C) groups is 1. The van der Waals surface area contributed by atoms with Crippen molar-refractivity contribution in [1.82, 2.24) is 10.2 Å². The third-order valence-corrected chi connectivity index (χ3v) is 7.03. The van der Waals surface area contributed by atoms with Crippen LogP contribution < -0.4 is 10.2 Å². The highest BCUT2D eigenvalue weighted by atomic mass is 127. The molecule has 0 saturated carbocycles. The summed E-state index contributed by atoms with van der Waals surface area (Å²) in [6.45, 7) is 9.60. The SMILES string of the molecule is CCNC(=NCC1(c2ccccc2)CCOCC1)N1CCN(c2cccs2)CC1.I. The van der Waals surface area contributed by atoms with Gasteiger partial charge < -0.3 is 19.9 Å². The first-order chi connectivity index (χ1) is 14.3. The van der Waals surface area contributed by atoms with Gasteiger partial charge >= 0.3 is 0 Å². The minimum Gasteiger partial charge on any atom is -0.381 e. The van der Waals surface area contributed by atoms with Crippen LogP contribution in [0, 0.1) is 0 Å². The second kappa shape index (κ2) is 11.3. The average molecular weight is 541 g/mol. The van der Waals surface area contributed by atoms with E-state index in [1.54, 1.807) is 0 Å². The zero-order valence-corrected chi connectivity index (χ0v) is 20.9. The molecule has 0 atom stereocenters. The number of guanidine groups is 1. The van der Waals surface area contributed by atoms with Crippen LogP contribution in [0.5, 0.6) is 0 Å². The van der Waals surface area contributed by atoms with E-state index in [9.17, 15) is 0 Å². The first-order valence-corrected chi connectivity index (χ1v) is 11.6. The molecule has 0 unspecified atom stereocenters. The molecule has 2 aromatic rings. The van der Waals surface area contributed by atoms with Crippen LogP contribution in [-0.4, -0.2) is 63.3 Å². The molecule has 0 spiro atoms. The van der Waals surface area contributed by atoms with Crippen LogP contribution in [-0.2, 0) is 10.2 Å². The Morgan fingerprint density at radius 2 is 1.80 bits per heavy atom. The van der Waals surface area contributed by atoms with E-state index in [-0.39, 0.29) is 29.4 Å². The lowest BCUT2D eigenvalue weighted by molar-refractivity contribution is 0.0530. The number of benzene rings is 1. The van der Waals surface area contributed by atoms with Crippen molar-refractivity contribution in [2.24, 2.45) is 4.99 Å². The lowest BCUT2D eigenvalue weighted by atomic mass is 9.74. The van der Waals surface area contributed by atoms with Gasteiger partial charge in [0.2, 0.25) is 0 Å². The Morgan fingerprint density at radius 1 is 1.07 bits per heavy atom. The molecule has 164 valence electrons. The number of hydrogen-bond acceptors (Lipinski definition) is 4. The van der Waals surface area contributed by atoms with Crippen LogP contribution in [0.2, 0.25) is 0 Å². The van der Waals surface area contributed by atoms with E-state index in [4.69, 9.17) is 9.73 Å². The van der Waals surface area contributed by atoms with Gasteiger partial charge in [-0.05, 0) is 42.8 Å². The Balaban J connectivity index is 0.00000256. The molecule has 2 saturated heterocycles. The van der Waals surface area contributed by atoms with Crippen LogP contribution in [0.25, 0.3) is 0 Å². The summed E-state index contributed by atoms with van der Waals surface area (Å²) in [6.07, 6.45) is 2.07. The molecule has 7 heteroatoms. The topological polar surface area (TPSA) is 40.1 Å². The Labute approximate surface area is 201 Å². The number of hydrogen-bond donors (Lipinski definition) is 1. The molecule has 1 aromatic carbocycles. The number of nitrogens with zero attached hydrogens (tertiary/aromatic N) is 3. The highest BCUT2D eigenvalue weighted by Crippen LogP contribution is 2.35. The lowest BCUT2D eigenvalue weighted by Crippen LogP contribution is -2.53. The van der Waals surface area contributed by atoms with Gasteiger partial charge in [0, 0.05) is 51.4 Å². The second-order valence-electron chi connectivity index (χ2n) is 7.85. The summed E-state index contributed by atoms with van der Waals surface area (Å²) in [4.78, 5) is 10.1. The molecule has 0 radical (unpaired) electrons. The first-order valence-electron chi connectivity index (χ1n) is 10.8. The number of piperazine rings is 1. The maximum absolute atomic E-state index is 5.69. The standard InChI is InChI=1S/C23H32N4OS.HI/c1-2-24-22(27-14-12-26(13-15-27)21-9-6-18-29-21)25-19-23(10-16-28-17-11-23)20-7-4-3-5-8-20;/h3-9,18H,2,10-17,19H2,1H3,(H,24,25);1H. The van der Waals surface area contributed by atoms with Crippen molar-refractivity contribution in [2.45, 2.75) is 25.2 Å². The van der Waals surface area contributed by atoms with Crippen molar-refractivity contribution in [3.05, 3.63) is 53.4 Å². The van der Waals surface area contributed by atoms with E-state index in [0.29, 0.717) is 0 Å². The zero-order valence-electron chi connectivity index (χ0n) is 17.8. The summed E-state index contributed by atoms with van der Waals surface area (Å²) in [5.41, 5.74) is 1.48.